The Bertz CT molecular complexity index is 823. The van der Waals surface area contributed by atoms with Gasteiger partial charge in [0.25, 0.3) is 11.8 Å². The molecule has 3 amide bonds. The molecule has 3 rings (SSSR count). The summed E-state index contributed by atoms with van der Waals surface area (Å²) in [6.07, 6.45) is 0. The predicted octanol–water partition coefficient (Wildman–Crippen LogP) is 3.43. The van der Waals surface area contributed by atoms with Crippen LogP contribution in [0.2, 0.25) is 0 Å². The van der Waals surface area contributed by atoms with E-state index in [9.17, 15) is 14.4 Å². The van der Waals surface area contributed by atoms with E-state index in [1.165, 1.54) is 0 Å². The molecule has 1 aliphatic rings. The van der Waals surface area contributed by atoms with Crippen LogP contribution in [0.15, 0.2) is 48.5 Å². The van der Waals surface area contributed by atoms with Crippen molar-refractivity contribution in [2.45, 2.75) is 32.7 Å². The molecule has 0 radical (unpaired) electrons. The minimum atomic E-state index is -0.896. The number of hydrogen-bond donors (Lipinski definition) is 1. The van der Waals surface area contributed by atoms with Gasteiger partial charge in [-0.2, -0.15) is 0 Å². The normalized spacial score (nSPS) is 14.6. The third kappa shape index (κ3) is 2.93. The highest BCUT2D eigenvalue weighted by molar-refractivity contribution is 6.23. The first-order chi connectivity index (χ1) is 11.9. The van der Waals surface area contributed by atoms with Crippen molar-refractivity contribution in [1.29, 1.82) is 0 Å². The quantitative estimate of drug-likeness (QED) is 0.870. The lowest BCUT2D eigenvalue weighted by Crippen LogP contribution is -2.45. The van der Waals surface area contributed by atoms with Gasteiger partial charge in [-0.05, 0) is 36.6 Å². The van der Waals surface area contributed by atoms with E-state index in [1.807, 2.05) is 38.1 Å². The summed E-state index contributed by atoms with van der Waals surface area (Å²) in [6.45, 7) is 5.65. The number of amides is 3. The Morgan fingerprint density at radius 1 is 0.880 bits per heavy atom. The van der Waals surface area contributed by atoms with Crippen LogP contribution in [0.5, 0.6) is 0 Å². The molecule has 5 heteroatoms. The summed E-state index contributed by atoms with van der Waals surface area (Å²) < 4.78 is 0. The van der Waals surface area contributed by atoms with Crippen LogP contribution in [0.25, 0.3) is 0 Å². The van der Waals surface area contributed by atoms with Crippen LogP contribution < -0.4 is 5.32 Å². The van der Waals surface area contributed by atoms with Crippen LogP contribution in [-0.4, -0.2) is 28.7 Å². The topological polar surface area (TPSA) is 66.5 Å². The molecule has 0 bridgehead atoms. The highest BCUT2D eigenvalue weighted by Crippen LogP contribution is 2.27. The number of rotatable bonds is 4. The fourth-order valence-corrected chi connectivity index (χ4v) is 3.03. The van der Waals surface area contributed by atoms with Gasteiger partial charge in [-0.15, -0.1) is 0 Å². The Kier molecular flexibility index (Phi) is 4.40. The zero-order valence-electron chi connectivity index (χ0n) is 14.4. The maximum atomic E-state index is 12.7. The minimum absolute atomic E-state index is 0.242. The zero-order chi connectivity index (χ0) is 18.1. The standard InChI is InChI=1S/C20H20N2O3/c1-12(2)14-8-6-7-11-17(14)21-18(23)13(3)22-19(24)15-9-4-5-10-16(15)20(22)25/h4-13H,1-3H3,(H,21,23). The molecule has 0 saturated heterocycles. The van der Waals surface area contributed by atoms with E-state index in [1.54, 1.807) is 31.2 Å². The van der Waals surface area contributed by atoms with Gasteiger partial charge in [0.2, 0.25) is 5.91 Å². The number of fused-ring (bicyclic) bond motifs is 1. The second-order valence-corrected chi connectivity index (χ2v) is 6.43. The van der Waals surface area contributed by atoms with Crippen molar-refractivity contribution in [2.75, 3.05) is 5.32 Å². The van der Waals surface area contributed by atoms with E-state index < -0.39 is 17.9 Å². The van der Waals surface area contributed by atoms with Gasteiger partial charge in [-0.3, -0.25) is 19.3 Å². The van der Waals surface area contributed by atoms with Crippen molar-refractivity contribution in [1.82, 2.24) is 4.90 Å². The molecule has 1 atom stereocenters. The molecule has 1 unspecified atom stereocenters. The Balaban J connectivity index is 1.83. The van der Waals surface area contributed by atoms with Crippen LogP contribution in [0, 0.1) is 0 Å². The van der Waals surface area contributed by atoms with Crippen molar-refractivity contribution in [3.63, 3.8) is 0 Å². The third-order valence-electron chi connectivity index (χ3n) is 4.43. The zero-order valence-corrected chi connectivity index (χ0v) is 14.4. The van der Waals surface area contributed by atoms with Crippen molar-refractivity contribution < 1.29 is 14.4 Å². The number of benzene rings is 2. The molecule has 2 aromatic rings. The van der Waals surface area contributed by atoms with Gasteiger partial charge < -0.3 is 5.32 Å². The third-order valence-corrected chi connectivity index (χ3v) is 4.43. The number of anilines is 1. The molecular formula is C20H20N2O3. The Labute approximate surface area is 146 Å². The van der Waals surface area contributed by atoms with Crippen molar-refractivity contribution >= 4 is 23.4 Å². The van der Waals surface area contributed by atoms with Gasteiger partial charge in [-0.1, -0.05) is 44.2 Å². The number of carbonyl (C=O) groups is 3. The van der Waals surface area contributed by atoms with Crippen LogP contribution >= 0.6 is 0 Å². The summed E-state index contributed by atoms with van der Waals surface area (Å²) in [5.41, 5.74) is 2.39. The molecule has 0 aliphatic carbocycles. The van der Waals surface area contributed by atoms with Crippen LogP contribution in [0.4, 0.5) is 5.69 Å². The largest absolute Gasteiger partial charge is 0.324 e. The van der Waals surface area contributed by atoms with Gasteiger partial charge in [0, 0.05) is 5.69 Å². The lowest BCUT2D eigenvalue weighted by Gasteiger charge is -2.23. The van der Waals surface area contributed by atoms with Gasteiger partial charge in [0.15, 0.2) is 0 Å². The molecule has 1 heterocycles. The molecule has 1 N–H and O–H groups in total. The number of para-hydroxylation sites is 1. The monoisotopic (exact) mass is 336 g/mol. The van der Waals surface area contributed by atoms with Crippen molar-refractivity contribution in [3.8, 4) is 0 Å². The minimum Gasteiger partial charge on any atom is -0.324 e. The molecule has 128 valence electrons. The number of carbonyl (C=O) groups excluding carboxylic acids is 3. The van der Waals surface area contributed by atoms with Crippen molar-refractivity contribution in [2.24, 2.45) is 0 Å². The summed E-state index contributed by atoms with van der Waals surface area (Å²) in [6, 6.07) is 13.3. The number of nitrogens with zero attached hydrogens (tertiary/aromatic N) is 1. The van der Waals surface area contributed by atoms with Crippen molar-refractivity contribution in [3.05, 3.63) is 65.2 Å². The summed E-state index contributed by atoms with van der Waals surface area (Å²) >= 11 is 0. The van der Waals surface area contributed by atoms with Gasteiger partial charge in [0.05, 0.1) is 11.1 Å². The van der Waals surface area contributed by atoms with E-state index in [0.29, 0.717) is 16.8 Å². The molecule has 0 aromatic heterocycles. The lowest BCUT2D eigenvalue weighted by atomic mass is 10.0. The Hall–Kier alpha value is -2.95. The molecule has 0 fully saturated rings. The molecule has 2 aromatic carbocycles. The first kappa shape index (κ1) is 16.9. The van der Waals surface area contributed by atoms with E-state index in [2.05, 4.69) is 5.32 Å². The van der Waals surface area contributed by atoms with Gasteiger partial charge >= 0.3 is 0 Å². The van der Waals surface area contributed by atoms with Crippen LogP contribution in [-0.2, 0) is 4.79 Å². The highest BCUT2D eigenvalue weighted by Gasteiger charge is 2.40. The fraction of sp³-hybridized carbons (Fsp3) is 0.250. The number of nitrogens with one attached hydrogen (secondary N) is 1. The molecule has 0 saturated carbocycles. The molecule has 0 spiro atoms. The maximum absolute atomic E-state index is 12.7. The summed E-state index contributed by atoms with van der Waals surface area (Å²) in [5.74, 6) is -1.01. The summed E-state index contributed by atoms with van der Waals surface area (Å²) in [7, 11) is 0. The van der Waals surface area contributed by atoms with E-state index in [4.69, 9.17) is 0 Å². The van der Waals surface area contributed by atoms with Crippen LogP contribution in [0.1, 0.15) is 53.0 Å². The Morgan fingerprint density at radius 2 is 1.40 bits per heavy atom. The second kappa shape index (κ2) is 6.51. The predicted molar refractivity (Wildman–Crippen MR) is 95.6 cm³/mol. The maximum Gasteiger partial charge on any atom is 0.262 e. The molecule has 25 heavy (non-hydrogen) atoms. The van der Waals surface area contributed by atoms with Gasteiger partial charge in [-0.25, -0.2) is 0 Å². The fourth-order valence-electron chi connectivity index (χ4n) is 3.03. The lowest BCUT2D eigenvalue weighted by molar-refractivity contribution is -0.119. The summed E-state index contributed by atoms with van der Waals surface area (Å²) in [5, 5.41) is 2.85. The van der Waals surface area contributed by atoms with Crippen LogP contribution in [0.3, 0.4) is 0 Å². The van der Waals surface area contributed by atoms with E-state index in [-0.39, 0.29) is 11.8 Å². The first-order valence-electron chi connectivity index (χ1n) is 8.28. The average molecular weight is 336 g/mol. The highest BCUT2D eigenvalue weighted by atomic mass is 16.2. The molecular weight excluding hydrogens is 316 g/mol. The van der Waals surface area contributed by atoms with E-state index in [0.717, 1.165) is 10.5 Å². The first-order valence-corrected chi connectivity index (χ1v) is 8.28. The smallest absolute Gasteiger partial charge is 0.262 e. The van der Waals surface area contributed by atoms with E-state index >= 15 is 0 Å². The second-order valence-electron chi connectivity index (χ2n) is 6.43. The average Bonchev–Trinajstić information content (AvgIpc) is 2.86. The van der Waals surface area contributed by atoms with Gasteiger partial charge in [0.1, 0.15) is 6.04 Å². The number of imide groups is 1. The SMILES string of the molecule is CC(C)c1ccccc1NC(=O)C(C)N1C(=O)c2ccccc2C1=O. The number of hydrogen-bond acceptors (Lipinski definition) is 3. The summed E-state index contributed by atoms with van der Waals surface area (Å²) in [4.78, 5) is 38.7. The molecule has 1 aliphatic heterocycles. The Morgan fingerprint density at radius 3 is 1.96 bits per heavy atom. The molecule has 5 nitrogen and oxygen atoms in total.